The molecular formula is C17H19F3N4O2. The second-order valence-electron chi connectivity index (χ2n) is 7.38. The first-order valence-corrected chi connectivity index (χ1v) is 8.59. The van der Waals surface area contributed by atoms with Crippen molar-refractivity contribution >= 4 is 11.6 Å². The third kappa shape index (κ3) is 2.51. The van der Waals surface area contributed by atoms with Crippen LogP contribution in [0.3, 0.4) is 0 Å². The summed E-state index contributed by atoms with van der Waals surface area (Å²) >= 11 is 0. The van der Waals surface area contributed by atoms with Crippen molar-refractivity contribution in [1.82, 2.24) is 4.98 Å². The Morgan fingerprint density at radius 3 is 2.42 bits per heavy atom. The van der Waals surface area contributed by atoms with Gasteiger partial charge < -0.3 is 20.0 Å². The van der Waals surface area contributed by atoms with Crippen LogP contribution in [0.15, 0.2) is 6.07 Å². The highest BCUT2D eigenvalue weighted by Gasteiger charge is 2.55. The molecule has 0 aromatic carbocycles. The van der Waals surface area contributed by atoms with Gasteiger partial charge >= 0.3 is 6.18 Å². The summed E-state index contributed by atoms with van der Waals surface area (Å²) in [6, 6.07) is 2.20. The van der Waals surface area contributed by atoms with Gasteiger partial charge in [0, 0.05) is 26.2 Å². The van der Waals surface area contributed by atoms with E-state index in [0.29, 0.717) is 24.9 Å². The lowest BCUT2D eigenvalue weighted by molar-refractivity contribution is -0.137. The topological polar surface area (TPSA) is 83.6 Å². The Morgan fingerprint density at radius 1 is 1.31 bits per heavy atom. The van der Waals surface area contributed by atoms with Crippen molar-refractivity contribution in [2.45, 2.75) is 25.2 Å². The molecular weight excluding hydrogens is 349 g/mol. The summed E-state index contributed by atoms with van der Waals surface area (Å²) < 4.78 is 40.6. The SMILES string of the molecule is C[C@H]1[C@H](O)CN1c1nc(N2C[C@@H]3C(CO)[C@@H]3C2)cc(C(F)(F)F)c1C#N. The maximum absolute atomic E-state index is 13.5. The van der Waals surface area contributed by atoms with Gasteiger partial charge in [0.1, 0.15) is 23.3 Å². The van der Waals surface area contributed by atoms with Gasteiger partial charge in [0.15, 0.2) is 0 Å². The predicted molar refractivity (Wildman–Crippen MR) is 86.5 cm³/mol. The number of fused-ring (bicyclic) bond motifs is 1. The Kier molecular flexibility index (Phi) is 3.82. The quantitative estimate of drug-likeness (QED) is 0.835. The van der Waals surface area contributed by atoms with Crippen LogP contribution in [0.2, 0.25) is 0 Å². The number of hydrogen-bond donors (Lipinski definition) is 2. The van der Waals surface area contributed by atoms with Crippen LogP contribution in [-0.4, -0.2) is 53.6 Å². The zero-order valence-corrected chi connectivity index (χ0v) is 14.1. The normalized spacial score (nSPS) is 32.9. The third-order valence-electron chi connectivity index (χ3n) is 6.01. The van der Waals surface area contributed by atoms with Crippen molar-refractivity contribution in [2.75, 3.05) is 36.0 Å². The average molecular weight is 368 g/mol. The minimum atomic E-state index is -4.67. The van der Waals surface area contributed by atoms with Crippen LogP contribution in [0.1, 0.15) is 18.1 Å². The Morgan fingerprint density at radius 2 is 1.96 bits per heavy atom. The van der Waals surface area contributed by atoms with E-state index in [4.69, 9.17) is 0 Å². The largest absolute Gasteiger partial charge is 0.417 e. The summed E-state index contributed by atoms with van der Waals surface area (Å²) in [6.45, 7) is 3.06. The molecule has 1 unspecified atom stereocenters. The summed E-state index contributed by atoms with van der Waals surface area (Å²) in [7, 11) is 0. The van der Waals surface area contributed by atoms with Gasteiger partial charge in [-0.25, -0.2) is 4.98 Å². The standard InChI is InChI=1S/C17H19F3N4O2/c1-8-14(26)6-24(8)16-9(3-21)13(17(18,19)20)2-15(22-16)23-4-10-11(5-23)12(10)7-25/h2,8,10-12,14,25-26H,4-7H2,1H3/t8-,10-,11+,12?,14+/m0/s1. The molecule has 3 heterocycles. The fraction of sp³-hybridized carbons (Fsp3) is 0.647. The zero-order chi connectivity index (χ0) is 18.8. The Hall–Kier alpha value is -2.05. The fourth-order valence-electron chi connectivity index (χ4n) is 4.20. The van der Waals surface area contributed by atoms with Crippen molar-refractivity contribution in [3.05, 3.63) is 17.2 Å². The van der Waals surface area contributed by atoms with E-state index in [1.54, 1.807) is 17.9 Å². The third-order valence-corrected chi connectivity index (χ3v) is 6.01. The van der Waals surface area contributed by atoms with E-state index in [1.807, 2.05) is 0 Å². The van der Waals surface area contributed by atoms with E-state index >= 15 is 0 Å². The minimum Gasteiger partial charge on any atom is -0.396 e. The maximum Gasteiger partial charge on any atom is 0.417 e. The van der Waals surface area contributed by atoms with Gasteiger partial charge in [0.25, 0.3) is 0 Å². The molecule has 0 spiro atoms. The number of β-amino-alcohol motifs (C(OH)–C–C–N with tert-alkyl or cyclic N) is 1. The van der Waals surface area contributed by atoms with E-state index in [2.05, 4.69) is 4.98 Å². The summed E-state index contributed by atoms with van der Waals surface area (Å²) in [4.78, 5) is 7.70. The molecule has 2 saturated heterocycles. The number of nitriles is 1. The number of piperidine rings is 1. The zero-order valence-electron chi connectivity index (χ0n) is 14.1. The number of aromatic nitrogens is 1. The Balaban J connectivity index is 1.73. The first kappa shape index (κ1) is 17.4. The van der Waals surface area contributed by atoms with Gasteiger partial charge in [-0.05, 0) is 30.7 Å². The molecule has 9 heteroatoms. The maximum atomic E-state index is 13.5. The molecule has 1 aromatic rings. The van der Waals surface area contributed by atoms with Gasteiger partial charge in [-0.3, -0.25) is 0 Å². The molecule has 2 N–H and O–H groups in total. The summed E-state index contributed by atoms with van der Waals surface area (Å²) in [5.74, 6) is 0.995. The number of pyridine rings is 1. The molecule has 26 heavy (non-hydrogen) atoms. The van der Waals surface area contributed by atoms with Crippen LogP contribution in [0.5, 0.6) is 0 Å². The molecule has 0 radical (unpaired) electrons. The lowest BCUT2D eigenvalue weighted by atomic mass is 9.99. The monoisotopic (exact) mass is 368 g/mol. The number of halogens is 3. The molecule has 5 atom stereocenters. The minimum absolute atomic E-state index is 0.0191. The molecule has 0 amide bonds. The van der Waals surface area contributed by atoms with Gasteiger partial charge in [0.05, 0.1) is 17.7 Å². The van der Waals surface area contributed by atoms with E-state index in [0.717, 1.165) is 6.07 Å². The van der Waals surface area contributed by atoms with Gasteiger partial charge in [-0.1, -0.05) is 0 Å². The Bertz CT molecular complexity index is 766. The highest BCUT2D eigenvalue weighted by molar-refractivity contribution is 5.65. The van der Waals surface area contributed by atoms with Crippen molar-refractivity contribution < 1.29 is 23.4 Å². The summed E-state index contributed by atoms with van der Waals surface area (Å²) in [5, 5.41) is 28.3. The lowest BCUT2D eigenvalue weighted by Crippen LogP contribution is -2.59. The first-order chi connectivity index (χ1) is 12.3. The van der Waals surface area contributed by atoms with Crippen LogP contribution in [0.4, 0.5) is 24.8 Å². The second-order valence-corrected chi connectivity index (χ2v) is 7.38. The van der Waals surface area contributed by atoms with Gasteiger partial charge in [0.2, 0.25) is 0 Å². The van der Waals surface area contributed by atoms with Crippen LogP contribution >= 0.6 is 0 Å². The number of hydrogen-bond acceptors (Lipinski definition) is 6. The fourth-order valence-corrected chi connectivity index (χ4v) is 4.20. The molecule has 4 rings (SSSR count). The van der Waals surface area contributed by atoms with E-state index in [9.17, 15) is 28.6 Å². The Labute approximate surface area is 148 Å². The van der Waals surface area contributed by atoms with E-state index in [-0.39, 0.29) is 30.7 Å². The van der Waals surface area contributed by atoms with Crippen LogP contribution in [-0.2, 0) is 6.18 Å². The van der Waals surface area contributed by atoms with Crippen LogP contribution in [0.25, 0.3) is 0 Å². The predicted octanol–water partition coefficient (Wildman–Crippen LogP) is 1.22. The second kappa shape index (κ2) is 5.72. The average Bonchev–Trinajstić information content (AvgIpc) is 3.08. The molecule has 3 fully saturated rings. The van der Waals surface area contributed by atoms with Gasteiger partial charge in [-0.15, -0.1) is 0 Å². The number of anilines is 2. The van der Waals surface area contributed by atoms with Crippen LogP contribution < -0.4 is 9.80 Å². The van der Waals surface area contributed by atoms with E-state index < -0.39 is 29.4 Å². The van der Waals surface area contributed by atoms with Crippen LogP contribution in [0, 0.1) is 29.1 Å². The number of alkyl halides is 3. The molecule has 3 aliphatic rings. The molecule has 6 nitrogen and oxygen atoms in total. The highest BCUT2D eigenvalue weighted by Crippen LogP contribution is 2.52. The van der Waals surface area contributed by atoms with Crippen molar-refractivity contribution in [2.24, 2.45) is 17.8 Å². The number of rotatable bonds is 3. The van der Waals surface area contributed by atoms with Crippen molar-refractivity contribution in [3.63, 3.8) is 0 Å². The molecule has 1 aliphatic carbocycles. The molecule has 2 aliphatic heterocycles. The lowest BCUT2D eigenvalue weighted by Gasteiger charge is -2.45. The molecule has 1 saturated carbocycles. The highest BCUT2D eigenvalue weighted by atomic mass is 19.4. The molecule has 1 aromatic heterocycles. The summed E-state index contributed by atoms with van der Waals surface area (Å²) in [5.41, 5.74) is -1.49. The summed E-state index contributed by atoms with van der Waals surface area (Å²) in [6.07, 6.45) is -5.31. The smallest absolute Gasteiger partial charge is 0.396 e. The van der Waals surface area contributed by atoms with Gasteiger partial charge in [-0.2, -0.15) is 18.4 Å². The number of aliphatic hydroxyl groups is 2. The van der Waals surface area contributed by atoms with E-state index in [1.165, 1.54) is 4.90 Å². The van der Waals surface area contributed by atoms with Crippen molar-refractivity contribution in [3.8, 4) is 6.07 Å². The molecule has 0 bridgehead atoms. The van der Waals surface area contributed by atoms with Crippen molar-refractivity contribution in [1.29, 1.82) is 5.26 Å². The number of nitrogens with zero attached hydrogens (tertiary/aromatic N) is 4. The molecule has 140 valence electrons. The number of aliphatic hydroxyl groups excluding tert-OH is 2. The first-order valence-electron chi connectivity index (χ1n) is 8.59.